The summed E-state index contributed by atoms with van der Waals surface area (Å²) in [6.45, 7) is 1.88. The third-order valence-electron chi connectivity index (χ3n) is 4.65. The highest BCUT2D eigenvalue weighted by molar-refractivity contribution is 9.10. The van der Waals surface area contributed by atoms with Crippen molar-refractivity contribution in [3.05, 3.63) is 34.3 Å². The zero-order valence-corrected chi connectivity index (χ0v) is 13.6. The number of hydrogen-bond donors (Lipinski definition) is 1. The van der Waals surface area contributed by atoms with Crippen molar-refractivity contribution in [2.24, 2.45) is 0 Å². The highest BCUT2D eigenvalue weighted by Gasteiger charge is 2.29. The smallest absolute Gasteiger partial charge is 0.0594 e. The third kappa shape index (κ3) is 3.84. The zero-order chi connectivity index (χ0) is 13.8. The average Bonchev–Trinajstić information content (AvgIpc) is 2.89. The van der Waals surface area contributed by atoms with Gasteiger partial charge in [0.1, 0.15) is 0 Å². The van der Waals surface area contributed by atoms with Crippen molar-refractivity contribution in [2.45, 2.75) is 56.6 Å². The van der Waals surface area contributed by atoms with Crippen LogP contribution in [0.5, 0.6) is 0 Å². The van der Waals surface area contributed by atoms with Gasteiger partial charge < -0.3 is 10.1 Å². The minimum absolute atomic E-state index is 0.549. The number of nitrogens with one attached hydrogen (secondary N) is 1. The van der Waals surface area contributed by atoms with E-state index < -0.39 is 0 Å². The lowest BCUT2D eigenvalue weighted by molar-refractivity contribution is 0.0571. The standard InChI is InChI=1S/C17H24BrNO/c18-15-5-3-4-13(10-15)14-11-16(12-14)19-8-9-20-17-6-1-2-7-17/h3-5,10,14,16-17,19H,1-2,6-9,11-12H2. The van der Waals surface area contributed by atoms with Crippen molar-refractivity contribution in [3.8, 4) is 0 Å². The lowest BCUT2D eigenvalue weighted by Gasteiger charge is -2.36. The Labute approximate surface area is 130 Å². The molecule has 2 fully saturated rings. The maximum Gasteiger partial charge on any atom is 0.0594 e. The van der Waals surface area contributed by atoms with Crippen LogP contribution >= 0.6 is 15.9 Å². The fraction of sp³-hybridized carbons (Fsp3) is 0.647. The SMILES string of the molecule is Brc1cccc(C2CC(NCCOC3CCCC3)C2)c1. The molecule has 110 valence electrons. The Hall–Kier alpha value is -0.380. The number of benzene rings is 1. The largest absolute Gasteiger partial charge is 0.377 e. The van der Waals surface area contributed by atoms with Gasteiger partial charge in [-0.15, -0.1) is 0 Å². The van der Waals surface area contributed by atoms with Gasteiger partial charge in [-0.25, -0.2) is 0 Å². The topological polar surface area (TPSA) is 21.3 Å². The fourth-order valence-electron chi connectivity index (χ4n) is 3.36. The lowest BCUT2D eigenvalue weighted by Crippen LogP contribution is -2.41. The van der Waals surface area contributed by atoms with E-state index in [1.54, 1.807) is 0 Å². The van der Waals surface area contributed by atoms with Crippen molar-refractivity contribution in [1.82, 2.24) is 5.32 Å². The first-order chi connectivity index (χ1) is 9.81. The second-order valence-corrected chi connectivity index (χ2v) is 7.07. The predicted octanol–water partition coefficient (Wildman–Crippen LogP) is 4.24. The summed E-state index contributed by atoms with van der Waals surface area (Å²) in [6.07, 6.45) is 8.33. The van der Waals surface area contributed by atoms with Gasteiger partial charge in [-0.1, -0.05) is 40.9 Å². The molecule has 2 nitrogen and oxygen atoms in total. The summed E-state index contributed by atoms with van der Waals surface area (Å²) >= 11 is 3.55. The second kappa shape index (κ2) is 7.06. The van der Waals surface area contributed by atoms with Crippen molar-refractivity contribution < 1.29 is 4.74 Å². The molecule has 0 unspecified atom stereocenters. The number of ether oxygens (including phenoxy) is 1. The molecule has 0 spiro atoms. The molecule has 20 heavy (non-hydrogen) atoms. The van der Waals surface area contributed by atoms with Crippen LogP contribution in [-0.4, -0.2) is 25.3 Å². The molecule has 0 heterocycles. The van der Waals surface area contributed by atoms with Crippen LogP contribution in [0.4, 0.5) is 0 Å². The Morgan fingerprint density at radius 2 is 2.00 bits per heavy atom. The number of halogens is 1. The van der Waals surface area contributed by atoms with Gasteiger partial charge in [0.2, 0.25) is 0 Å². The normalized spacial score (nSPS) is 26.6. The van der Waals surface area contributed by atoms with E-state index in [1.807, 2.05) is 0 Å². The Morgan fingerprint density at radius 3 is 2.75 bits per heavy atom. The monoisotopic (exact) mass is 337 g/mol. The fourth-order valence-corrected chi connectivity index (χ4v) is 3.78. The van der Waals surface area contributed by atoms with Gasteiger partial charge in [-0.05, 0) is 49.3 Å². The van der Waals surface area contributed by atoms with E-state index in [1.165, 1.54) is 48.6 Å². The first-order valence-electron chi connectivity index (χ1n) is 7.92. The van der Waals surface area contributed by atoms with Gasteiger partial charge in [0.25, 0.3) is 0 Å². The van der Waals surface area contributed by atoms with Gasteiger partial charge in [0.05, 0.1) is 12.7 Å². The van der Waals surface area contributed by atoms with Crippen LogP contribution < -0.4 is 5.32 Å². The molecule has 0 radical (unpaired) electrons. The Morgan fingerprint density at radius 1 is 1.20 bits per heavy atom. The summed E-state index contributed by atoms with van der Waals surface area (Å²) in [7, 11) is 0. The van der Waals surface area contributed by atoms with Crippen LogP contribution in [0.2, 0.25) is 0 Å². The lowest BCUT2D eigenvalue weighted by atomic mass is 9.76. The van der Waals surface area contributed by atoms with E-state index in [9.17, 15) is 0 Å². The van der Waals surface area contributed by atoms with E-state index in [4.69, 9.17) is 4.74 Å². The second-order valence-electron chi connectivity index (χ2n) is 6.15. The molecule has 0 bridgehead atoms. The molecule has 3 heteroatoms. The average molecular weight is 338 g/mol. The van der Waals surface area contributed by atoms with E-state index in [-0.39, 0.29) is 0 Å². The highest BCUT2D eigenvalue weighted by atomic mass is 79.9. The van der Waals surface area contributed by atoms with Crippen LogP contribution in [-0.2, 0) is 4.74 Å². The minimum atomic E-state index is 0.549. The summed E-state index contributed by atoms with van der Waals surface area (Å²) in [4.78, 5) is 0. The maximum absolute atomic E-state index is 5.88. The van der Waals surface area contributed by atoms with Gasteiger partial charge >= 0.3 is 0 Å². The maximum atomic E-state index is 5.88. The summed E-state index contributed by atoms with van der Waals surface area (Å²) in [5.74, 6) is 0.737. The van der Waals surface area contributed by atoms with E-state index in [0.717, 1.165) is 19.1 Å². The van der Waals surface area contributed by atoms with E-state index in [0.29, 0.717) is 12.1 Å². The third-order valence-corrected chi connectivity index (χ3v) is 5.14. The molecule has 0 atom stereocenters. The van der Waals surface area contributed by atoms with Gasteiger partial charge in [-0.3, -0.25) is 0 Å². The number of hydrogen-bond acceptors (Lipinski definition) is 2. The molecule has 0 aromatic heterocycles. The van der Waals surface area contributed by atoms with Gasteiger partial charge in [0, 0.05) is 17.1 Å². The van der Waals surface area contributed by atoms with Crippen molar-refractivity contribution in [3.63, 3.8) is 0 Å². The van der Waals surface area contributed by atoms with E-state index >= 15 is 0 Å². The molecule has 0 saturated heterocycles. The Bertz CT molecular complexity index is 425. The van der Waals surface area contributed by atoms with Crippen LogP contribution in [0, 0.1) is 0 Å². The number of rotatable bonds is 6. The van der Waals surface area contributed by atoms with Crippen LogP contribution in [0.25, 0.3) is 0 Å². The Kier molecular flexibility index (Phi) is 5.14. The van der Waals surface area contributed by atoms with Crippen LogP contribution in [0.3, 0.4) is 0 Å². The molecule has 1 aromatic rings. The Balaban J connectivity index is 1.30. The predicted molar refractivity (Wildman–Crippen MR) is 86.1 cm³/mol. The molecule has 1 aromatic carbocycles. The molecular weight excluding hydrogens is 314 g/mol. The summed E-state index contributed by atoms with van der Waals surface area (Å²) in [5.41, 5.74) is 1.47. The van der Waals surface area contributed by atoms with Crippen molar-refractivity contribution in [1.29, 1.82) is 0 Å². The summed E-state index contributed by atoms with van der Waals surface area (Å²) < 4.78 is 7.07. The first kappa shape index (κ1) is 14.6. The van der Waals surface area contributed by atoms with E-state index in [2.05, 4.69) is 45.5 Å². The van der Waals surface area contributed by atoms with Gasteiger partial charge in [0.15, 0.2) is 0 Å². The summed E-state index contributed by atoms with van der Waals surface area (Å²) in [6, 6.07) is 9.42. The molecule has 0 amide bonds. The van der Waals surface area contributed by atoms with Crippen molar-refractivity contribution in [2.75, 3.05) is 13.2 Å². The molecule has 2 aliphatic rings. The summed E-state index contributed by atoms with van der Waals surface area (Å²) in [5, 5.41) is 3.62. The van der Waals surface area contributed by atoms with Crippen LogP contribution in [0.1, 0.15) is 50.0 Å². The minimum Gasteiger partial charge on any atom is -0.377 e. The molecule has 0 aliphatic heterocycles. The molecule has 3 rings (SSSR count). The molecular formula is C17H24BrNO. The quantitative estimate of drug-likeness (QED) is 0.783. The molecule has 2 aliphatic carbocycles. The molecule has 1 N–H and O–H groups in total. The van der Waals surface area contributed by atoms with Crippen molar-refractivity contribution >= 4 is 15.9 Å². The van der Waals surface area contributed by atoms with Crippen LogP contribution in [0.15, 0.2) is 28.7 Å². The highest BCUT2D eigenvalue weighted by Crippen LogP contribution is 2.37. The van der Waals surface area contributed by atoms with Gasteiger partial charge in [-0.2, -0.15) is 0 Å². The molecule has 2 saturated carbocycles. The zero-order valence-electron chi connectivity index (χ0n) is 12.0. The first-order valence-corrected chi connectivity index (χ1v) is 8.71.